The van der Waals surface area contributed by atoms with Crippen molar-refractivity contribution in [2.45, 2.75) is 19.8 Å². The average Bonchev–Trinajstić information content (AvgIpc) is 1.66. The molecule has 0 aliphatic heterocycles. The number of hydrogen-bond acceptors (Lipinski definition) is 2. The summed E-state index contributed by atoms with van der Waals surface area (Å²) in [6, 6.07) is 0. The van der Waals surface area contributed by atoms with E-state index in [2.05, 4.69) is 4.74 Å². The van der Waals surface area contributed by atoms with Crippen molar-refractivity contribution in [2.75, 3.05) is 6.61 Å². The molecule has 9 heavy (non-hydrogen) atoms. The largest absolute Gasteiger partial charge is 0.505 e. The molecule has 0 aromatic heterocycles. The summed E-state index contributed by atoms with van der Waals surface area (Å²) in [5, 5.41) is 7.92. The molecule has 0 amide bonds. The molecule has 52 valence electrons. The second kappa shape index (κ2) is 8.04. The SMILES string of the molecule is CCCCOC(=O)O.[MgH2]. The van der Waals surface area contributed by atoms with Gasteiger partial charge in [-0.2, -0.15) is 0 Å². The fraction of sp³-hybridized carbons (Fsp3) is 0.800. The monoisotopic (exact) mass is 144 g/mol. The summed E-state index contributed by atoms with van der Waals surface area (Å²) in [5.74, 6) is 0. The summed E-state index contributed by atoms with van der Waals surface area (Å²) in [6.07, 6.45) is 0.595. The first-order valence-corrected chi connectivity index (χ1v) is 2.63. The van der Waals surface area contributed by atoms with Crippen molar-refractivity contribution in [3.8, 4) is 0 Å². The average molecular weight is 144 g/mol. The maximum atomic E-state index is 9.65. The maximum Gasteiger partial charge on any atom is 0.505 e. The Morgan fingerprint density at radius 1 is 1.67 bits per heavy atom. The van der Waals surface area contributed by atoms with Crippen molar-refractivity contribution in [2.24, 2.45) is 0 Å². The Labute approximate surface area is 70.5 Å². The summed E-state index contributed by atoms with van der Waals surface area (Å²) in [4.78, 5) is 9.65. The van der Waals surface area contributed by atoms with E-state index in [0.717, 1.165) is 12.8 Å². The van der Waals surface area contributed by atoms with Gasteiger partial charge in [0.25, 0.3) is 0 Å². The fourth-order valence-corrected chi connectivity index (χ4v) is 0.304. The van der Waals surface area contributed by atoms with Crippen LogP contribution in [0.1, 0.15) is 19.8 Å². The van der Waals surface area contributed by atoms with Crippen molar-refractivity contribution >= 4 is 29.2 Å². The fourth-order valence-electron chi connectivity index (χ4n) is 0.304. The van der Waals surface area contributed by atoms with Crippen molar-refractivity contribution in [1.29, 1.82) is 0 Å². The van der Waals surface area contributed by atoms with Gasteiger partial charge < -0.3 is 9.84 Å². The minimum Gasteiger partial charge on any atom is -0.450 e. The van der Waals surface area contributed by atoms with E-state index in [1.54, 1.807) is 0 Å². The molecule has 0 spiro atoms. The lowest BCUT2D eigenvalue weighted by Crippen LogP contribution is -2.00. The molecular weight excluding hydrogens is 132 g/mol. The standard InChI is InChI=1S/C5H10O3.Mg.2H/c1-2-3-4-8-5(6)7;;;/h2-4H2,1H3,(H,6,7);;;. The van der Waals surface area contributed by atoms with Crippen molar-refractivity contribution in [3.63, 3.8) is 0 Å². The zero-order valence-corrected chi connectivity index (χ0v) is 4.89. The Balaban J connectivity index is 0. The summed E-state index contributed by atoms with van der Waals surface area (Å²) in [6.45, 7) is 2.30. The number of carboxylic acid groups (broad SMARTS) is 1. The van der Waals surface area contributed by atoms with E-state index < -0.39 is 6.16 Å². The third-order valence-electron chi connectivity index (χ3n) is 0.723. The van der Waals surface area contributed by atoms with E-state index in [0.29, 0.717) is 6.61 Å². The van der Waals surface area contributed by atoms with E-state index >= 15 is 0 Å². The summed E-state index contributed by atoms with van der Waals surface area (Å²) in [5.41, 5.74) is 0. The van der Waals surface area contributed by atoms with Crippen LogP contribution < -0.4 is 0 Å². The first-order valence-electron chi connectivity index (χ1n) is 2.63. The molecule has 3 nitrogen and oxygen atoms in total. The smallest absolute Gasteiger partial charge is 0.450 e. The van der Waals surface area contributed by atoms with Gasteiger partial charge in [0.05, 0.1) is 6.61 Å². The maximum absolute atomic E-state index is 9.65. The molecule has 0 fully saturated rings. The molecule has 0 saturated heterocycles. The molecule has 0 rings (SSSR count). The Bertz CT molecular complexity index is 74.6. The summed E-state index contributed by atoms with van der Waals surface area (Å²) in [7, 11) is 0. The molecule has 0 heterocycles. The van der Waals surface area contributed by atoms with Gasteiger partial charge in [0.1, 0.15) is 0 Å². The molecule has 0 saturated carbocycles. The quantitative estimate of drug-likeness (QED) is 0.358. The summed E-state index contributed by atoms with van der Waals surface area (Å²) < 4.78 is 4.20. The number of unbranched alkanes of at least 4 members (excludes halogenated alkanes) is 1. The van der Waals surface area contributed by atoms with Gasteiger partial charge in [-0.3, -0.25) is 0 Å². The number of carbonyl (C=O) groups is 1. The molecule has 0 bridgehead atoms. The summed E-state index contributed by atoms with van der Waals surface area (Å²) >= 11 is 0. The number of ether oxygens (including phenoxy) is 1. The van der Waals surface area contributed by atoms with Crippen molar-refractivity contribution in [3.05, 3.63) is 0 Å². The van der Waals surface area contributed by atoms with E-state index in [1.807, 2.05) is 6.92 Å². The minimum atomic E-state index is -1.18. The second-order valence-electron chi connectivity index (χ2n) is 1.47. The molecule has 0 atom stereocenters. The van der Waals surface area contributed by atoms with Crippen LogP contribution in [-0.2, 0) is 4.74 Å². The third-order valence-corrected chi connectivity index (χ3v) is 0.723. The highest BCUT2D eigenvalue weighted by atomic mass is 24.3. The highest BCUT2D eigenvalue weighted by Crippen LogP contribution is 1.86. The van der Waals surface area contributed by atoms with Gasteiger partial charge in [-0.25, -0.2) is 4.79 Å². The Hall–Kier alpha value is 0.0362. The molecule has 1 N–H and O–H groups in total. The molecule has 0 aliphatic carbocycles. The minimum absolute atomic E-state index is 0. The number of rotatable bonds is 3. The van der Waals surface area contributed by atoms with Crippen LogP contribution in [-0.4, -0.2) is 40.9 Å². The normalized spacial score (nSPS) is 7.67. The first-order chi connectivity index (χ1) is 3.77. The molecule has 0 unspecified atom stereocenters. The van der Waals surface area contributed by atoms with Gasteiger partial charge in [-0.05, 0) is 6.42 Å². The number of hydrogen-bond donors (Lipinski definition) is 1. The Morgan fingerprint density at radius 3 is 2.56 bits per heavy atom. The highest BCUT2D eigenvalue weighted by Gasteiger charge is 1.91. The van der Waals surface area contributed by atoms with E-state index in [1.165, 1.54) is 0 Å². The van der Waals surface area contributed by atoms with Crippen molar-refractivity contribution < 1.29 is 14.6 Å². The van der Waals surface area contributed by atoms with Crippen molar-refractivity contribution in [1.82, 2.24) is 0 Å². The zero-order chi connectivity index (χ0) is 6.41. The van der Waals surface area contributed by atoms with Crippen LogP contribution in [0.2, 0.25) is 0 Å². The Kier molecular flexibility index (Phi) is 10.5. The van der Waals surface area contributed by atoms with E-state index in [9.17, 15) is 4.79 Å². The van der Waals surface area contributed by atoms with Crippen LogP contribution in [0.3, 0.4) is 0 Å². The van der Waals surface area contributed by atoms with Gasteiger partial charge in [0.2, 0.25) is 0 Å². The van der Waals surface area contributed by atoms with E-state index in [-0.39, 0.29) is 23.1 Å². The Morgan fingerprint density at radius 2 is 2.22 bits per heavy atom. The topological polar surface area (TPSA) is 46.5 Å². The lowest BCUT2D eigenvalue weighted by atomic mass is 10.4. The molecule has 0 aromatic rings. The highest BCUT2D eigenvalue weighted by molar-refractivity contribution is 5.75. The molecule has 0 aromatic carbocycles. The van der Waals surface area contributed by atoms with Gasteiger partial charge in [0.15, 0.2) is 0 Å². The lowest BCUT2D eigenvalue weighted by molar-refractivity contribution is 0.0905. The zero-order valence-electron chi connectivity index (χ0n) is 4.89. The molecule has 0 radical (unpaired) electrons. The van der Waals surface area contributed by atoms with Crippen LogP contribution in [0, 0.1) is 0 Å². The predicted molar refractivity (Wildman–Crippen MR) is 37.4 cm³/mol. The van der Waals surface area contributed by atoms with Gasteiger partial charge in [0, 0.05) is 0 Å². The van der Waals surface area contributed by atoms with Crippen LogP contribution in [0.25, 0.3) is 0 Å². The van der Waals surface area contributed by atoms with Gasteiger partial charge in [-0.15, -0.1) is 0 Å². The second-order valence-corrected chi connectivity index (χ2v) is 1.47. The van der Waals surface area contributed by atoms with Crippen LogP contribution in [0.5, 0.6) is 0 Å². The lowest BCUT2D eigenvalue weighted by Gasteiger charge is -1.94. The van der Waals surface area contributed by atoms with Gasteiger partial charge in [-0.1, -0.05) is 13.3 Å². The first kappa shape index (κ1) is 11.8. The van der Waals surface area contributed by atoms with Crippen LogP contribution >= 0.6 is 0 Å². The van der Waals surface area contributed by atoms with Crippen LogP contribution in [0.15, 0.2) is 0 Å². The molecule has 0 aliphatic rings. The van der Waals surface area contributed by atoms with Crippen LogP contribution in [0.4, 0.5) is 4.79 Å². The van der Waals surface area contributed by atoms with Gasteiger partial charge >= 0.3 is 29.2 Å². The predicted octanol–water partition coefficient (Wildman–Crippen LogP) is 0.565. The molecule has 4 heteroatoms. The third kappa shape index (κ3) is 11.5. The molecular formula is C5H12MgO3. The van der Waals surface area contributed by atoms with E-state index in [4.69, 9.17) is 5.11 Å².